The first-order valence-electron chi connectivity index (χ1n) is 5.75. The minimum atomic E-state index is 0.261. The molecule has 15 heavy (non-hydrogen) atoms. The Kier molecular flexibility index (Phi) is 2.38. The third-order valence-corrected chi connectivity index (χ3v) is 3.69. The molecule has 2 N–H and O–H groups in total. The highest BCUT2D eigenvalue weighted by Crippen LogP contribution is 2.54. The smallest absolute Gasteiger partial charge is 0.00857 e. The quantitative estimate of drug-likeness (QED) is 0.785. The van der Waals surface area contributed by atoms with Crippen LogP contribution < -0.4 is 5.73 Å². The molecular weight excluding hydrogens is 182 g/mol. The summed E-state index contributed by atoms with van der Waals surface area (Å²) in [6, 6.07) is 8.88. The van der Waals surface area contributed by atoms with Gasteiger partial charge in [0.25, 0.3) is 0 Å². The molecular formula is C14H21N. The zero-order valence-electron chi connectivity index (χ0n) is 10.0. The van der Waals surface area contributed by atoms with Gasteiger partial charge in [-0.2, -0.15) is 0 Å². The lowest BCUT2D eigenvalue weighted by Gasteiger charge is -2.53. The predicted molar refractivity (Wildman–Crippen MR) is 64.9 cm³/mol. The standard InChI is InChI=1S/C14H21N/c1-11-4-6-12(7-5-11)14(10-15)8-13(2,3)9-14/h4-7H,8-10,15H2,1-3H3. The lowest BCUT2D eigenvalue weighted by Crippen LogP contribution is -2.51. The van der Waals surface area contributed by atoms with E-state index in [1.165, 1.54) is 24.0 Å². The Hall–Kier alpha value is -0.820. The molecule has 1 nitrogen and oxygen atoms in total. The van der Waals surface area contributed by atoms with Crippen molar-refractivity contribution in [2.45, 2.75) is 39.0 Å². The van der Waals surface area contributed by atoms with E-state index in [4.69, 9.17) is 5.73 Å². The molecule has 0 spiro atoms. The second-order valence-electron chi connectivity index (χ2n) is 5.87. The second-order valence-corrected chi connectivity index (χ2v) is 5.87. The Balaban J connectivity index is 2.25. The maximum absolute atomic E-state index is 5.96. The molecule has 1 aliphatic rings. The summed E-state index contributed by atoms with van der Waals surface area (Å²) in [4.78, 5) is 0. The first-order chi connectivity index (χ1) is 6.97. The lowest BCUT2D eigenvalue weighted by atomic mass is 9.52. The number of hydrogen-bond acceptors (Lipinski definition) is 1. The molecule has 1 aromatic carbocycles. The highest BCUT2D eigenvalue weighted by Gasteiger charge is 2.48. The van der Waals surface area contributed by atoms with Crippen LogP contribution in [-0.2, 0) is 5.41 Å². The Morgan fingerprint density at radius 3 is 2.07 bits per heavy atom. The van der Waals surface area contributed by atoms with Gasteiger partial charge >= 0.3 is 0 Å². The van der Waals surface area contributed by atoms with Gasteiger partial charge in [-0.1, -0.05) is 43.7 Å². The van der Waals surface area contributed by atoms with Crippen molar-refractivity contribution in [1.29, 1.82) is 0 Å². The SMILES string of the molecule is Cc1ccc(C2(CN)CC(C)(C)C2)cc1. The summed E-state index contributed by atoms with van der Waals surface area (Å²) < 4.78 is 0. The fourth-order valence-corrected chi connectivity index (χ4v) is 3.15. The van der Waals surface area contributed by atoms with Gasteiger partial charge < -0.3 is 5.73 Å². The molecule has 82 valence electrons. The summed E-state index contributed by atoms with van der Waals surface area (Å²) in [7, 11) is 0. The van der Waals surface area contributed by atoms with Crippen LogP contribution in [0.4, 0.5) is 0 Å². The highest BCUT2D eigenvalue weighted by molar-refractivity contribution is 5.33. The fourth-order valence-electron chi connectivity index (χ4n) is 3.15. The van der Waals surface area contributed by atoms with Crippen molar-refractivity contribution in [3.05, 3.63) is 35.4 Å². The van der Waals surface area contributed by atoms with Gasteiger partial charge in [0.1, 0.15) is 0 Å². The first kappa shape index (κ1) is 10.7. The number of nitrogens with two attached hydrogens (primary N) is 1. The topological polar surface area (TPSA) is 26.0 Å². The van der Waals surface area contributed by atoms with Crippen molar-refractivity contribution in [3.8, 4) is 0 Å². The average Bonchev–Trinajstić information content (AvgIpc) is 2.14. The molecule has 0 aromatic heterocycles. The van der Waals surface area contributed by atoms with Gasteiger partial charge in [0, 0.05) is 12.0 Å². The van der Waals surface area contributed by atoms with Crippen molar-refractivity contribution in [3.63, 3.8) is 0 Å². The van der Waals surface area contributed by atoms with E-state index in [9.17, 15) is 0 Å². The van der Waals surface area contributed by atoms with Crippen molar-refractivity contribution in [2.75, 3.05) is 6.54 Å². The third-order valence-electron chi connectivity index (χ3n) is 3.69. The van der Waals surface area contributed by atoms with E-state index in [0.29, 0.717) is 5.41 Å². The van der Waals surface area contributed by atoms with E-state index in [0.717, 1.165) is 6.54 Å². The van der Waals surface area contributed by atoms with Gasteiger partial charge in [-0.15, -0.1) is 0 Å². The van der Waals surface area contributed by atoms with Crippen LogP contribution in [0.3, 0.4) is 0 Å². The molecule has 0 aliphatic heterocycles. The van der Waals surface area contributed by atoms with Crippen LogP contribution in [0.2, 0.25) is 0 Å². The zero-order chi connectivity index (χ0) is 11.1. The van der Waals surface area contributed by atoms with Crippen molar-refractivity contribution >= 4 is 0 Å². The Labute approximate surface area is 92.7 Å². The van der Waals surface area contributed by atoms with Crippen molar-refractivity contribution in [2.24, 2.45) is 11.1 Å². The number of hydrogen-bond donors (Lipinski definition) is 1. The molecule has 0 radical (unpaired) electrons. The molecule has 0 heterocycles. The molecule has 1 fully saturated rings. The molecule has 0 saturated heterocycles. The summed E-state index contributed by atoms with van der Waals surface area (Å²) in [6.07, 6.45) is 2.44. The Morgan fingerprint density at radius 1 is 1.13 bits per heavy atom. The zero-order valence-corrected chi connectivity index (χ0v) is 10.0. The highest BCUT2D eigenvalue weighted by atomic mass is 14.7. The van der Waals surface area contributed by atoms with Gasteiger partial charge in [0.2, 0.25) is 0 Å². The first-order valence-corrected chi connectivity index (χ1v) is 5.75. The minimum Gasteiger partial charge on any atom is -0.330 e. The maximum atomic E-state index is 5.96. The number of aryl methyl sites for hydroxylation is 1. The van der Waals surface area contributed by atoms with Gasteiger partial charge in [0.05, 0.1) is 0 Å². The molecule has 2 rings (SSSR count). The number of rotatable bonds is 2. The largest absolute Gasteiger partial charge is 0.330 e. The summed E-state index contributed by atoms with van der Waals surface area (Å²) >= 11 is 0. The van der Waals surface area contributed by atoms with Crippen LogP contribution in [0.15, 0.2) is 24.3 Å². The van der Waals surface area contributed by atoms with Gasteiger partial charge in [0.15, 0.2) is 0 Å². The third kappa shape index (κ3) is 1.81. The fraction of sp³-hybridized carbons (Fsp3) is 0.571. The Bertz CT molecular complexity index is 340. The normalized spacial score (nSPS) is 22.1. The summed E-state index contributed by atoms with van der Waals surface area (Å²) in [6.45, 7) is 7.56. The average molecular weight is 203 g/mol. The van der Waals surface area contributed by atoms with Crippen LogP contribution in [0.5, 0.6) is 0 Å². The summed E-state index contributed by atoms with van der Waals surface area (Å²) in [5.41, 5.74) is 9.45. The molecule has 0 atom stereocenters. The van der Waals surface area contributed by atoms with Crippen LogP contribution in [0, 0.1) is 12.3 Å². The van der Waals surface area contributed by atoms with E-state index < -0.39 is 0 Å². The molecule has 1 heteroatoms. The van der Waals surface area contributed by atoms with Gasteiger partial charge in [-0.3, -0.25) is 0 Å². The van der Waals surface area contributed by atoms with E-state index in [1.807, 2.05) is 0 Å². The molecule has 0 unspecified atom stereocenters. The van der Waals surface area contributed by atoms with Gasteiger partial charge in [-0.25, -0.2) is 0 Å². The summed E-state index contributed by atoms with van der Waals surface area (Å²) in [5, 5.41) is 0. The summed E-state index contributed by atoms with van der Waals surface area (Å²) in [5.74, 6) is 0. The van der Waals surface area contributed by atoms with Crippen molar-refractivity contribution < 1.29 is 0 Å². The van der Waals surface area contributed by atoms with Crippen LogP contribution in [-0.4, -0.2) is 6.54 Å². The predicted octanol–water partition coefficient (Wildman–Crippen LogP) is 3.01. The van der Waals surface area contributed by atoms with E-state index in [-0.39, 0.29) is 5.41 Å². The Morgan fingerprint density at radius 2 is 1.67 bits per heavy atom. The molecule has 0 bridgehead atoms. The monoisotopic (exact) mass is 203 g/mol. The van der Waals surface area contributed by atoms with Crippen LogP contribution in [0.1, 0.15) is 37.8 Å². The number of benzene rings is 1. The lowest BCUT2D eigenvalue weighted by molar-refractivity contribution is 0.0634. The maximum Gasteiger partial charge on any atom is 0.00857 e. The van der Waals surface area contributed by atoms with Crippen LogP contribution >= 0.6 is 0 Å². The minimum absolute atomic E-state index is 0.261. The molecule has 1 aromatic rings. The van der Waals surface area contributed by atoms with Crippen LogP contribution in [0.25, 0.3) is 0 Å². The van der Waals surface area contributed by atoms with E-state index in [2.05, 4.69) is 45.0 Å². The van der Waals surface area contributed by atoms with E-state index >= 15 is 0 Å². The van der Waals surface area contributed by atoms with E-state index in [1.54, 1.807) is 0 Å². The molecule has 1 saturated carbocycles. The molecule has 0 amide bonds. The van der Waals surface area contributed by atoms with Crippen molar-refractivity contribution in [1.82, 2.24) is 0 Å². The van der Waals surface area contributed by atoms with Gasteiger partial charge in [-0.05, 0) is 30.7 Å². The molecule has 1 aliphatic carbocycles. The second kappa shape index (κ2) is 3.34.